The molecule has 0 spiro atoms. The van der Waals surface area contributed by atoms with E-state index in [-0.39, 0.29) is 35.2 Å². The fourth-order valence-corrected chi connectivity index (χ4v) is 5.24. The van der Waals surface area contributed by atoms with Gasteiger partial charge in [-0.2, -0.15) is 0 Å². The average Bonchev–Trinajstić information content (AvgIpc) is 3.17. The molecule has 4 rings (SSSR count). The Bertz CT molecular complexity index is 832. The number of sulfonamides is 1. The van der Waals surface area contributed by atoms with Gasteiger partial charge >= 0.3 is 0 Å². The van der Waals surface area contributed by atoms with E-state index >= 15 is 0 Å². The summed E-state index contributed by atoms with van der Waals surface area (Å²) in [7, 11) is -3.96. The predicted molar refractivity (Wildman–Crippen MR) is 89.7 cm³/mol. The van der Waals surface area contributed by atoms with Gasteiger partial charge in [-0.05, 0) is 55.7 Å². The zero-order valence-corrected chi connectivity index (χ0v) is 14.7. The van der Waals surface area contributed by atoms with E-state index in [9.17, 15) is 18.0 Å². The Morgan fingerprint density at radius 2 is 2.08 bits per heavy atom. The van der Waals surface area contributed by atoms with Crippen LogP contribution in [0.25, 0.3) is 0 Å². The highest BCUT2D eigenvalue weighted by molar-refractivity contribution is 7.90. The highest BCUT2D eigenvalue weighted by Crippen LogP contribution is 2.40. The summed E-state index contributed by atoms with van der Waals surface area (Å²) >= 11 is 0. The number of Topliss-reactive ketones (excluding diaryl/α,β-unsaturated/α-hetero) is 1. The minimum Gasteiger partial charge on any atom is -0.375 e. The standard InChI is InChI=1S/C18H21NO5S/c20-16-3-1-2-11-4-6-14(10-15(11)16)25(22,23)19-18(21)9-12-8-13-5-7-17(12)24-13/h4,6,10,12-13,17H,1-3,5,7-9H2,(H,19,21). The van der Waals surface area contributed by atoms with Crippen LogP contribution in [-0.2, 0) is 26.0 Å². The van der Waals surface area contributed by atoms with Crippen LogP contribution in [-0.4, -0.2) is 32.3 Å². The monoisotopic (exact) mass is 363 g/mol. The van der Waals surface area contributed by atoms with Crippen molar-refractivity contribution in [3.63, 3.8) is 0 Å². The van der Waals surface area contributed by atoms with Gasteiger partial charge < -0.3 is 4.74 Å². The van der Waals surface area contributed by atoms with Crippen LogP contribution in [0, 0.1) is 5.92 Å². The van der Waals surface area contributed by atoms with Crippen LogP contribution in [0.2, 0.25) is 0 Å². The molecule has 2 heterocycles. The van der Waals surface area contributed by atoms with Gasteiger partial charge in [0.25, 0.3) is 10.0 Å². The lowest BCUT2D eigenvalue weighted by Crippen LogP contribution is -2.33. The number of rotatable bonds is 4. The third kappa shape index (κ3) is 3.22. The molecule has 2 aliphatic heterocycles. The van der Waals surface area contributed by atoms with Crippen molar-refractivity contribution in [1.29, 1.82) is 0 Å². The van der Waals surface area contributed by atoms with Gasteiger partial charge in [0.15, 0.2) is 5.78 Å². The van der Waals surface area contributed by atoms with E-state index in [2.05, 4.69) is 4.72 Å². The number of hydrogen-bond donors (Lipinski definition) is 1. The lowest BCUT2D eigenvalue weighted by atomic mass is 9.87. The largest absolute Gasteiger partial charge is 0.375 e. The molecule has 1 aliphatic carbocycles. The molecule has 1 amide bonds. The zero-order valence-electron chi connectivity index (χ0n) is 13.9. The molecule has 6 nitrogen and oxygen atoms in total. The second kappa shape index (κ2) is 6.21. The second-order valence-electron chi connectivity index (χ2n) is 7.20. The molecule has 3 unspecified atom stereocenters. The maximum atomic E-state index is 12.5. The molecule has 2 saturated heterocycles. The van der Waals surface area contributed by atoms with Gasteiger partial charge in [-0.1, -0.05) is 6.07 Å². The maximum Gasteiger partial charge on any atom is 0.264 e. The minimum atomic E-state index is -3.96. The molecule has 2 fully saturated rings. The summed E-state index contributed by atoms with van der Waals surface area (Å²) in [4.78, 5) is 24.2. The summed E-state index contributed by atoms with van der Waals surface area (Å²) in [5.74, 6) is -0.451. The van der Waals surface area contributed by atoms with E-state index in [0.717, 1.165) is 37.7 Å². The van der Waals surface area contributed by atoms with Crippen molar-refractivity contribution < 1.29 is 22.7 Å². The van der Waals surface area contributed by atoms with Crippen LogP contribution >= 0.6 is 0 Å². The summed E-state index contributed by atoms with van der Waals surface area (Å²) < 4.78 is 32.8. The van der Waals surface area contributed by atoms with Crippen LogP contribution in [0.5, 0.6) is 0 Å². The summed E-state index contributed by atoms with van der Waals surface area (Å²) in [5.41, 5.74) is 1.34. The van der Waals surface area contributed by atoms with Gasteiger partial charge in [0.2, 0.25) is 5.91 Å². The highest BCUT2D eigenvalue weighted by atomic mass is 32.2. The lowest BCUT2D eigenvalue weighted by Gasteiger charge is -2.18. The van der Waals surface area contributed by atoms with Crippen molar-refractivity contribution in [2.24, 2.45) is 5.92 Å². The molecule has 0 saturated carbocycles. The van der Waals surface area contributed by atoms with Gasteiger partial charge in [-0.25, -0.2) is 13.1 Å². The lowest BCUT2D eigenvalue weighted by molar-refractivity contribution is -0.120. The smallest absolute Gasteiger partial charge is 0.264 e. The second-order valence-corrected chi connectivity index (χ2v) is 8.88. The number of benzene rings is 1. The Balaban J connectivity index is 1.47. The SMILES string of the molecule is O=C(CC1CC2CCC1O2)NS(=O)(=O)c1ccc2c(c1)C(=O)CCC2. The highest BCUT2D eigenvalue weighted by Gasteiger charge is 2.41. The van der Waals surface area contributed by atoms with Crippen molar-refractivity contribution in [1.82, 2.24) is 4.72 Å². The van der Waals surface area contributed by atoms with Crippen LogP contribution in [0.4, 0.5) is 0 Å². The molecule has 2 bridgehead atoms. The number of fused-ring (bicyclic) bond motifs is 3. The maximum absolute atomic E-state index is 12.5. The number of aryl methyl sites for hydroxylation is 1. The van der Waals surface area contributed by atoms with E-state index in [4.69, 9.17) is 4.74 Å². The molecule has 25 heavy (non-hydrogen) atoms. The number of carbonyl (C=O) groups is 2. The van der Waals surface area contributed by atoms with Gasteiger partial charge in [-0.3, -0.25) is 9.59 Å². The molecule has 0 radical (unpaired) electrons. The summed E-state index contributed by atoms with van der Waals surface area (Å²) in [5, 5.41) is 0. The first-order chi connectivity index (χ1) is 11.9. The van der Waals surface area contributed by atoms with Gasteiger partial charge in [0.1, 0.15) is 0 Å². The third-order valence-corrected chi connectivity index (χ3v) is 6.84. The number of ether oxygens (including phenoxy) is 1. The summed E-state index contributed by atoms with van der Waals surface area (Å²) in [6, 6.07) is 4.54. The van der Waals surface area contributed by atoms with E-state index < -0.39 is 15.9 Å². The van der Waals surface area contributed by atoms with Crippen molar-refractivity contribution >= 4 is 21.7 Å². The van der Waals surface area contributed by atoms with Crippen molar-refractivity contribution in [2.45, 2.75) is 62.0 Å². The molecule has 0 aromatic heterocycles. The number of hydrogen-bond acceptors (Lipinski definition) is 5. The van der Waals surface area contributed by atoms with Gasteiger partial charge in [0.05, 0.1) is 17.1 Å². The Morgan fingerprint density at radius 3 is 2.80 bits per heavy atom. The van der Waals surface area contributed by atoms with E-state index in [1.165, 1.54) is 12.1 Å². The van der Waals surface area contributed by atoms with Crippen LogP contribution < -0.4 is 4.72 Å². The molecular formula is C18H21NO5S. The molecule has 3 aliphatic rings. The summed E-state index contributed by atoms with van der Waals surface area (Å²) in [6.07, 6.45) is 5.28. The number of amides is 1. The molecule has 134 valence electrons. The first kappa shape index (κ1) is 16.7. The molecule has 1 aromatic carbocycles. The number of ketones is 1. The van der Waals surface area contributed by atoms with Crippen LogP contribution in [0.3, 0.4) is 0 Å². The first-order valence-corrected chi connectivity index (χ1v) is 10.3. The molecule has 1 N–H and O–H groups in total. The van der Waals surface area contributed by atoms with E-state index in [1.807, 2.05) is 0 Å². The molecule has 3 atom stereocenters. The van der Waals surface area contributed by atoms with Gasteiger partial charge in [-0.15, -0.1) is 0 Å². The predicted octanol–water partition coefficient (Wildman–Crippen LogP) is 1.97. The van der Waals surface area contributed by atoms with Crippen molar-refractivity contribution in [3.8, 4) is 0 Å². The quantitative estimate of drug-likeness (QED) is 0.883. The fourth-order valence-electron chi connectivity index (χ4n) is 4.22. The first-order valence-electron chi connectivity index (χ1n) is 8.79. The Kier molecular flexibility index (Phi) is 4.16. The van der Waals surface area contributed by atoms with Crippen molar-refractivity contribution in [2.75, 3.05) is 0 Å². The average molecular weight is 363 g/mol. The topological polar surface area (TPSA) is 89.5 Å². The van der Waals surface area contributed by atoms with Crippen LogP contribution in [0.15, 0.2) is 23.1 Å². The number of nitrogens with one attached hydrogen (secondary N) is 1. The number of carbonyl (C=O) groups excluding carboxylic acids is 2. The van der Waals surface area contributed by atoms with E-state index in [1.54, 1.807) is 6.07 Å². The van der Waals surface area contributed by atoms with Gasteiger partial charge in [0, 0.05) is 18.4 Å². The van der Waals surface area contributed by atoms with Crippen LogP contribution in [0.1, 0.15) is 54.4 Å². The molecule has 7 heteroatoms. The normalized spacial score (nSPS) is 28.0. The van der Waals surface area contributed by atoms with Crippen molar-refractivity contribution in [3.05, 3.63) is 29.3 Å². The Labute approximate surface area is 147 Å². The minimum absolute atomic E-state index is 0.0287. The zero-order chi connectivity index (χ0) is 17.6. The Hall–Kier alpha value is -1.73. The Morgan fingerprint density at radius 1 is 1.24 bits per heavy atom. The third-order valence-electron chi connectivity index (χ3n) is 5.47. The fraction of sp³-hybridized carbons (Fsp3) is 0.556. The summed E-state index contributed by atoms with van der Waals surface area (Å²) in [6.45, 7) is 0. The molecular weight excluding hydrogens is 342 g/mol. The molecule has 1 aromatic rings. The van der Waals surface area contributed by atoms with E-state index in [0.29, 0.717) is 12.0 Å².